The number of carboxylic acid groups (broad SMARTS) is 2. The van der Waals surface area contributed by atoms with E-state index in [1.54, 1.807) is 12.1 Å². The first kappa shape index (κ1) is 20.3. The monoisotopic (exact) mass is 371 g/mol. The van der Waals surface area contributed by atoms with Crippen molar-refractivity contribution in [2.75, 3.05) is 13.6 Å². The first-order valence-corrected chi connectivity index (χ1v) is 8.52. The fourth-order valence-corrected chi connectivity index (χ4v) is 3.10. The van der Waals surface area contributed by atoms with Crippen LogP contribution in [0.25, 0.3) is 0 Å². The van der Waals surface area contributed by atoms with E-state index < -0.39 is 11.9 Å². The fourth-order valence-electron chi connectivity index (χ4n) is 3.10. The summed E-state index contributed by atoms with van der Waals surface area (Å²) in [4.78, 5) is 21.4. The molecule has 5 nitrogen and oxygen atoms in total. The van der Waals surface area contributed by atoms with Crippen LogP contribution < -0.4 is 0 Å². The van der Waals surface area contributed by atoms with Gasteiger partial charge in [0.25, 0.3) is 0 Å². The van der Waals surface area contributed by atoms with Crippen molar-refractivity contribution in [3.63, 3.8) is 0 Å². The lowest BCUT2D eigenvalue weighted by molar-refractivity contribution is -0.134. The van der Waals surface area contributed by atoms with Gasteiger partial charge >= 0.3 is 11.9 Å². The van der Waals surface area contributed by atoms with Gasteiger partial charge in [-0.1, -0.05) is 36.4 Å². The van der Waals surface area contributed by atoms with Crippen LogP contribution in [0.15, 0.2) is 60.7 Å². The Morgan fingerprint density at radius 2 is 1.70 bits per heavy atom. The number of hydrogen-bond acceptors (Lipinski definition) is 3. The van der Waals surface area contributed by atoms with Crippen molar-refractivity contribution in [3.05, 3.63) is 83.2 Å². The van der Waals surface area contributed by atoms with Crippen LogP contribution in [0.4, 0.5) is 4.39 Å². The van der Waals surface area contributed by atoms with Crippen LogP contribution in [0, 0.1) is 5.82 Å². The van der Waals surface area contributed by atoms with Crippen molar-refractivity contribution in [2.45, 2.75) is 18.9 Å². The van der Waals surface area contributed by atoms with Crippen LogP contribution in [-0.4, -0.2) is 40.6 Å². The topological polar surface area (TPSA) is 77.8 Å². The third kappa shape index (κ3) is 6.34. The average molecular weight is 371 g/mol. The average Bonchev–Trinajstić information content (AvgIpc) is 2.79. The van der Waals surface area contributed by atoms with Crippen LogP contribution in [-0.2, 0) is 16.1 Å². The van der Waals surface area contributed by atoms with Crippen LogP contribution in [0.5, 0.6) is 0 Å². The molecule has 1 heterocycles. The highest BCUT2D eigenvalue weighted by Gasteiger charge is 2.22. The Balaban J connectivity index is 0.000000279. The molecule has 1 aliphatic rings. The minimum absolute atomic E-state index is 0.138. The normalized spacial score (nSPS) is 16.7. The summed E-state index contributed by atoms with van der Waals surface area (Å²) in [5, 5.41) is 15.6. The predicted octanol–water partition coefficient (Wildman–Crippen LogP) is 3.50. The van der Waals surface area contributed by atoms with E-state index in [1.807, 2.05) is 12.1 Å². The molecule has 0 saturated heterocycles. The lowest BCUT2D eigenvalue weighted by Gasteiger charge is -2.17. The van der Waals surface area contributed by atoms with Crippen molar-refractivity contribution in [3.8, 4) is 0 Å². The van der Waals surface area contributed by atoms with Gasteiger partial charge in [-0.15, -0.1) is 0 Å². The van der Waals surface area contributed by atoms with Gasteiger partial charge in [-0.05, 0) is 48.8 Å². The zero-order valence-electron chi connectivity index (χ0n) is 15.0. The number of carbonyl (C=O) groups is 2. The SMILES string of the molecule is CN1CCC(c2ccccc2)c2ccc(F)cc2C1.O=C(O)/C=C\C(=O)O. The van der Waals surface area contributed by atoms with Gasteiger partial charge in [-0.3, -0.25) is 0 Å². The smallest absolute Gasteiger partial charge is 0.328 e. The van der Waals surface area contributed by atoms with E-state index in [-0.39, 0.29) is 5.82 Å². The molecule has 142 valence electrons. The molecule has 1 unspecified atom stereocenters. The highest BCUT2D eigenvalue weighted by atomic mass is 19.1. The highest BCUT2D eigenvalue weighted by molar-refractivity contribution is 5.89. The van der Waals surface area contributed by atoms with Crippen molar-refractivity contribution in [2.24, 2.45) is 0 Å². The minimum Gasteiger partial charge on any atom is -0.478 e. The summed E-state index contributed by atoms with van der Waals surface area (Å²) in [6.45, 7) is 1.87. The minimum atomic E-state index is -1.26. The summed E-state index contributed by atoms with van der Waals surface area (Å²) in [5.74, 6) is -2.28. The molecule has 1 aliphatic heterocycles. The molecule has 0 saturated carbocycles. The van der Waals surface area contributed by atoms with Crippen molar-refractivity contribution < 1.29 is 24.2 Å². The van der Waals surface area contributed by atoms with E-state index in [1.165, 1.54) is 11.1 Å². The number of nitrogens with zero attached hydrogens (tertiary/aromatic N) is 1. The third-order valence-corrected chi connectivity index (χ3v) is 4.29. The van der Waals surface area contributed by atoms with E-state index in [4.69, 9.17) is 10.2 Å². The summed E-state index contributed by atoms with van der Waals surface area (Å²) in [6, 6.07) is 15.8. The Bertz CT molecular complexity index is 804. The maximum absolute atomic E-state index is 13.5. The van der Waals surface area contributed by atoms with Gasteiger partial charge in [0, 0.05) is 24.6 Å². The largest absolute Gasteiger partial charge is 0.478 e. The van der Waals surface area contributed by atoms with Gasteiger partial charge in [-0.25, -0.2) is 14.0 Å². The number of carboxylic acids is 2. The zero-order valence-corrected chi connectivity index (χ0v) is 15.0. The van der Waals surface area contributed by atoms with E-state index in [2.05, 4.69) is 36.2 Å². The molecular weight excluding hydrogens is 349 g/mol. The first-order chi connectivity index (χ1) is 12.9. The summed E-state index contributed by atoms with van der Waals surface area (Å²) in [5.41, 5.74) is 3.72. The summed E-state index contributed by atoms with van der Waals surface area (Å²) in [6.07, 6.45) is 2.20. The molecule has 0 aliphatic carbocycles. The summed E-state index contributed by atoms with van der Waals surface area (Å²) < 4.78 is 13.5. The van der Waals surface area contributed by atoms with Crippen molar-refractivity contribution in [1.29, 1.82) is 0 Å². The number of benzene rings is 2. The van der Waals surface area contributed by atoms with E-state index in [0.717, 1.165) is 25.1 Å². The maximum Gasteiger partial charge on any atom is 0.328 e. The lowest BCUT2D eigenvalue weighted by atomic mass is 9.87. The molecule has 3 rings (SSSR count). The molecule has 27 heavy (non-hydrogen) atoms. The number of halogens is 1. The molecule has 0 bridgehead atoms. The predicted molar refractivity (Wildman–Crippen MR) is 100 cm³/mol. The van der Waals surface area contributed by atoms with Gasteiger partial charge in [0.15, 0.2) is 0 Å². The molecule has 6 heteroatoms. The quantitative estimate of drug-likeness (QED) is 0.808. The molecule has 0 aromatic heterocycles. The van der Waals surface area contributed by atoms with E-state index >= 15 is 0 Å². The molecule has 2 N–H and O–H groups in total. The van der Waals surface area contributed by atoms with Crippen LogP contribution >= 0.6 is 0 Å². The third-order valence-electron chi connectivity index (χ3n) is 4.29. The fraction of sp³-hybridized carbons (Fsp3) is 0.238. The maximum atomic E-state index is 13.5. The van der Waals surface area contributed by atoms with Crippen LogP contribution in [0.1, 0.15) is 29.0 Å². The Labute approximate surface area is 157 Å². The molecule has 0 spiro atoms. The molecule has 1 atom stereocenters. The second kappa shape index (κ2) is 9.64. The summed E-state index contributed by atoms with van der Waals surface area (Å²) >= 11 is 0. The van der Waals surface area contributed by atoms with Gasteiger partial charge in [0.1, 0.15) is 5.82 Å². The van der Waals surface area contributed by atoms with Crippen LogP contribution in [0.3, 0.4) is 0 Å². The Morgan fingerprint density at radius 3 is 2.30 bits per heavy atom. The van der Waals surface area contributed by atoms with Gasteiger partial charge in [0.2, 0.25) is 0 Å². The van der Waals surface area contributed by atoms with Gasteiger partial charge in [-0.2, -0.15) is 0 Å². The summed E-state index contributed by atoms with van der Waals surface area (Å²) in [7, 11) is 2.10. The first-order valence-electron chi connectivity index (χ1n) is 8.52. The van der Waals surface area contributed by atoms with E-state index in [0.29, 0.717) is 18.1 Å². The van der Waals surface area contributed by atoms with Crippen LogP contribution in [0.2, 0.25) is 0 Å². The Kier molecular flexibility index (Phi) is 7.25. The van der Waals surface area contributed by atoms with Gasteiger partial charge in [0.05, 0.1) is 0 Å². The number of fused-ring (bicyclic) bond motifs is 1. The standard InChI is InChI=1S/C17H18FN.C4H4O4/c1-19-10-9-17(13-5-3-2-4-6-13)16-8-7-15(18)11-14(16)12-19;5-3(6)1-2-4(7)8/h2-8,11,17H,9-10,12H2,1H3;1-2H,(H,5,6)(H,7,8)/b;2-1-. The Morgan fingerprint density at radius 1 is 1.07 bits per heavy atom. The lowest BCUT2D eigenvalue weighted by Crippen LogP contribution is -2.17. The van der Waals surface area contributed by atoms with E-state index in [9.17, 15) is 14.0 Å². The number of aliphatic carboxylic acids is 2. The molecule has 0 fully saturated rings. The second-order valence-electron chi connectivity index (χ2n) is 6.34. The zero-order chi connectivity index (χ0) is 19.8. The Hall–Kier alpha value is -2.99. The highest BCUT2D eigenvalue weighted by Crippen LogP contribution is 2.33. The molecule has 2 aromatic carbocycles. The molecule has 2 aromatic rings. The number of rotatable bonds is 3. The second-order valence-corrected chi connectivity index (χ2v) is 6.34. The molecule has 0 radical (unpaired) electrons. The molecular formula is C21H22FNO4. The van der Waals surface area contributed by atoms with Crippen molar-refractivity contribution >= 4 is 11.9 Å². The van der Waals surface area contributed by atoms with Gasteiger partial charge < -0.3 is 15.1 Å². The molecule has 0 amide bonds. The number of hydrogen-bond donors (Lipinski definition) is 2. The van der Waals surface area contributed by atoms with Crippen molar-refractivity contribution in [1.82, 2.24) is 4.90 Å².